The third-order valence-electron chi connectivity index (χ3n) is 5.49. The number of benzene rings is 2. The number of fused-ring (bicyclic) bond motifs is 1. The molecule has 4 rings (SSSR count). The van der Waals surface area contributed by atoms with Crippen LogP contribution >= 0.6 is 0 Å². The smallest absolute Gasteiger partial charge is 0.322 e. The molecule has 3 atom stereocenters. The molecule has 5 N–H and O–H groups in total. The van der Waals surface area contributed by atoms with Crippen LogP contribution in [0.4, 0.5) is 4.79 Å². The maximum Gasteiger partial charge on any atom is 0.322 e. The summed E-state index contributed by atoms with van der Waals surface area (Å²) in [5.41, 5.74) is 8.93. The minimum atomic E-state index is -1.13. The van der Waals surface area contributed by atoms with Gasteiger partial charge in [-0.3, -0.25) is 14.9 Å². The van der Waals surface area contributed by atoms with Crippen molar-refractivity contribution >= 4 is 17.8 Å². The van der Waals surface area contributed by atoms with Crippen LogP contribution in [0.2, 0.25) is 0 Å². The van der Waals surface area contributed by atoms with Crippen LogP contribution in [0, 0.1) is 0 Å². The van der Waals surface area contributed by atoms with Crippen molar-refractivity contribution in [2.75, 3.05) is 0 Å². The number of ether oxygens (including phenoxy) is 1. The van der Waals surface area contributed by atoms with E-state index in [2.05, 4.69) is 16.0 Å². The van der Waals surface area contributed by atoms with Gasteiger partial charge in [-0.1, -0.05) is 42.5 Å². The number of imide groups is 1. The molecule has 156 valence electrons. The number of nitrogens with one attached hydrogen (secondary N) is 3. The van der Waals surface area contributed by atoms with Gasteiger partial charge in [0.1, 0.15) is 24.4 Å². The van der Waals surface area contributed by atoms with E-state index in [4.69, 9.17) is 10.5 Å². The number of rotatable bonds is 5. The molecule has 1 aliphatic heterocycles. The Morgan fingerprint density at radius 1 is 1.13 bits per heavy atom. The molecule has 2 aromatic carbocycles. The molecule has 0 saturated carbocycles. The van der Waals surface area contributed by atoms with Crippen LogP contribution in [0.5, 0.6) is 5.75 Å². The Bertz CT molecular complexity index is 963. The van der Waals surface area contributed by atoms with Crippen molar-refractivity contribution in [1.82, 2.24) is 16.0 Å². The zero-order valence-electron chi connectivity index (χ0n) is 16.4. The normalized spacial score (nSPS) is 23.0. The fraction of sp³-hybridized carbons (Fsp3) is 0.318. The predicted octanol–water partition coefficient (Wildman–Crippen LogP) is 1.29. The molecule has 4 amide bonds. The molecule has 0 aromatic heterocycles. The number of carbonyl (C=O) groups excluding carboxylic acids is 3. The van der Waals surface area contributed by atoms with Crippen LogP contribution in [0.3, 0.4) is 0 Å². The van der Waals surface area contributed by atoms with Gasteiger partial charge in [0, 0.05) is 0 Å². The molecule has 2 unspecified atom stereocenters. The van der Waals surface area contributed by atoms with Gasteiger partial charge in [0.15, 0.2) is 0 Å². The molecule has 8 nitrogen and oxygen atoms in total. The molecule has 0 spiro atoms. The SMILES string of the molecule is NC1C(=O)NC(=O)NC1C(=O)N[C@@H]1CCCc2c(OCc3ccccc3)cccc21. The van der Waals surface area contributed by atoms with Crippen molar-refractivity contribution in [2.45, 2.75) is 44.0 Å². The Balaban J connectivity index is 1.49. The van der Waals surface area contributed by atoms with Crippen LogP contribution in [-0.4, -0.2) is 29.9 Å². The first-order valence-corrected chi connectivity index (χ1v) is 9.99. The van der Waals surface area contributed by atoms with E-state index in [1.807, 2.05) is 48.5 Å². The van der Waals surface area contributed by atoms with E-state index >= 15 is 0 Å². The van der Waals surface area contributed by atoms with Crippen molar-refractivity contribution in [3.05, 3.63) is 65.2 Å². The summed E-state index contributed by atoms with van der Waals surface area (Å²) in [4.78, 5) is 36.1. The van der Waals surface area contributed by atoms with Gasteiger partial charge in [-0.25, -0.2) is 4.79 Å². The molecule has 8 heteroatoms. The van der Waals surface area contributed by atoms with Gasteiger partial charge in [-0.15, -0.1) is 0 Å². The second-order valence-electron chi connectivity index (χ2n) is 7.52. The number of urea groups is 1. The van der Waals surface area contributed by atoms with E-state index in [1.54, 1.807) is 0 Å². The Morgan fingerprint density at radius 3 is 2.73 bits per heavy atom. The molecule has 0 radical (unpaired) electrons. The largest absolute Gasteiger partial charge is 0.489 e. The summed E-state index contributed by atoms with van der Waals surface area (Å²) in [5, 5.41) is 7.43. The van der Waals surface area contributed by atoms with E-state index < -0.39 is 29.9 Å². The summed E-state index contributed by atoms with van der Waals surface area (Å²) in [5.74, 6) is -0.337. The highest BCUT2D eigenvalue weighted by Gasteiger charge is 2.38. The minimum absolute atomic E-state index is 0.240. The number of amides is 4. The van der Waals surface area contributed by atoms with Crippen LogP contribution in [0.25, 0.3) is 0 Å². The monoisotopic (exact) mass is 408 g/mol. The molecule has 0 bridgehead atoms. The van der Waals surface area contributed by atoms with Crippen LogP contribution < -0.4 is 26.4 Å². The number of nitrogens with two attached hydrogens (primary N) is 1. The van der Waals surface area contributed by atoms with Crippen molar-refractivity contribution in [1.29, 1.82) is 0 Å². The van der Waals surface area contributed by atoms with Gasteiger partial charge in [-0.05, 0) is 42.0 Å². The van der Waals surface area contributed by atoms with Gasteiger partial charge in [0.05, 0.1) is 6.04 Å². The molecule has 1 saturated heterocycles. The second kappa shape index (κ2) is 8.54. The second-order valence-corrected chi connectivity index (χ2v) is 7.52. The van der Waals surface area contributed by atoms with Gasteiger partial charge in [0.25, 0.3) is 0 Å². The molecule has 30 heavy (non-hydrogen) atoms. The predicted molar refractivity (Wildman–Crippen MR) is 109 cm³/mol. The molecular formula is C22H24N4O4. The van der Waals surface area contributed by atoms with Gasteiger partial charge >= 0.3 is 6.03 Å². The maximum atomic E-state index is 12.8. The van der Waals surface area contributed by atoms with Crippen LogP contribution in [0.1, 0.15) is 35.6 Å². The Hall–Kier alpha value is -3.39. The maximum absolute atomic E-state index is 12.8. The topological polar surface area (TPSA) is 123 Å². The van der Waals surface area contributed by atoms with Crippen molar-refractivity contribution in [3.63, 3.8) is 0 Å². The first-order chi connectivity index (χ1) is 14.5. The lowest BCUT2D eigenvalue weighted by Gasteiger charge is -2.32. The lowest BCUT2D eigenvalue weighted by atomic mass is 9.86. The van der Waals surface area contributed by atoms with Gasteiger partial charge in [0.2, 0.25) is 11.8 Å². The average Bonchev–Trinajstić information content (AvgIpc) is 2.75. The highest BCUT2D eigenvalue weighted by Crippen LogP contribution is 2.35. The number of hydrogen-bond acceptors (Lipinski definition) is 5. The summed E-state index contributed by atoms with van der Waals surface area (Å²) in [6.07, 6.45) is 2.49. The lowest BCUT2D eigenvalue weighted by molar-refractivity contribution is -0.130. The summed E-state index contributed by atoms with van der Waals surface area (Å²) >= 11 is 0. The fourth-order valence-electron chi connectivity index (χ4n) is 3.94. The number of hydrogen-bond donors (Lipinski definition) is 4. The van der Waals surface area contributed by atoms with Crippen molar-refractivity contribution in [2.24, 2.45) is 5.73 Å². The standard InChI is InChI=1S/C22H24N4O4/c23-18-19(25-22(29)26-20(18)27)21(28)24-16-10-4-9-15-14(16)8-5-11-17(15)30-12-13-6-2-1-3-7-13/h1-3,5-8,11,16,18-19H,4,9-10,12,23H2,(H,24,28)(H2,25,26,27,29)/t16-,18?,19?/m1/s1. The zero-order valence-corrected chi connectivity index (χ0v) is 16.4. The Kier molecular flexibility index (Phi) is 5.67. The van der Waals surface area contributed by atoms with Crippen molar-refractivity contribution in [3.8, 4) is 5.75 Å². The quantitative estimate of drug-likeness (QED) is 0.594. The van der Waals surface area contributed by atoms with E-state index in [0.29, 0.717) is 6.61 Å². The Labute approximate surface area is 174 Å². The summed E-state index contributed by atoms with van der Waals surface area (Å²) in [6.45, 7) is 0.465. The summed E-state index contributed by atoms with van der Waals surface area (Å²) in [7, 11) is 0. The first kappa shape index (κ1) is 19.9. The highest BCUT2D eigenvalue weighted by atomic mass is 16.5. The molecule has 2 aromatic rings. The fourth-order valence-corrected chi connectivity index (χ4v) is 3.94. The third-order valence-corrected chi connectivity index (χ3v) is 5.49. The van der Waals surface area contributed by atoms with E-state index in [1.165, 1.54) is 0 Å². The third kappa shape index (κ3) is 4.13. The van der Waals surface area contributed by atoms with Crippen LogP contribution in [-0.2, 0) is 22.6 Å². The van der Waals surface area contributed by atoms with Crippen LogP contribution in [0.15, 0.2) is 48.5 Å². The lowest BCUT2D eigenvalue weighted by Crippen LogP contribution is -2.68. The van der Waals surface area contributed by atoms with Crippen molar-refractivity contribution < 1.29 is 19.1 Å². The first-order valence-electron chi connectivity index (χ1n) is 9.99. The molecular weight excluding hydrogens is 384 g/mol. The van der Waals surface area contributed by atoms with E-state index in [-0.39, 0.29) is 6.04 Å². The molecule has 2 aliphatic rings. The minimum Gasteiger partial charge on any atom is -0.489 e. The number of carbonyl (C=O) groups is 3. The highest BCUT2D eigenvalue weighted by molar-refractivity contribution is 6.05. The zero-order chi connectivity index (χ0) is 21.1. The molecule has 1 aliphatic carbocycles. The Morgan fingerprint density at radius 2 is 1.93 bits per heavy atom. The summed E-state index contributed by atoms with van der Waals surface area (Å²) in [6, 6.07) is 12.6. The van der Waals surface area contributed by atoms with Gasteiger partial charge in [-0.2, -0.15) is 0 Å². The summed E-state index contributed by atoms with van der Waals surface area (Å²) < 4.78 is 6.06. The molecule has 1 fully saturated rings. The molecule has 1 heterocycles. The van der Waals surface area contributed by atoms with E-state index in [0.717, 1.165) is 41.7 Å². The van der Waals surface area contributed by atoms with E-state index in [9.17, 15) is 14.4 Å². The average molecular weight is 408 g/mol. The van der Waals surface area contributed by atoms with Gasteiger partial charge < -0.3 is 21.1 Å².